The Balaban J connectivity index is 1.85. The number of halogens is 1. The second-order valence-electron chi connectivity index (χ2n) is 5.49. The van der Waals surface area contributed by atoms with Crippen LogP contribution in [0.5, 0.6) is 11.5 Å². The fourth-order valence-electron chi connectivity index (χ4n) is 2.74. The predicted octanol–water partition coefficient (Wildman–Crippen LogP) is 2.59. The molecule has 2 amide bonds. The van der Waals surface area contributed by atoms with Crippen LogP contribution >= 0.6 is 0 Å². The molecule has 0 spiro atoms. The van der Waals surface area contributed by atoms with E-state index in [9.17, 15) is 14.0 Å². The maximum atomic E-state index is 13.9. The minimum Gasteiger partial charge on any atom is -0.497 e. The minimum absolute atomic E-state index is 0.0384. The number of carbonyl (C=O) groups excluding carboxylic acids is 2. The van der Waals surface area contributed by atoms with Gasteiger partial charge >= 0.3 is 0 Å². The molecule has 0 aromatic heterocycles. The highest BCUT2D eigenvalue weighted by molar-refractivity contribution is 6.23. The maximum absolute atomic E-state index is 13.9. The second kappa shape index (κ2) is 6.80. The Kier molecular flexibility index (Phi) is 4.56. The van der Waals surface area contributed by atoms with Gasteiger partial charge in [-0.2, -0.15) is 0 Å². The smallest absolute Gasteiger partial charge is 0.256 e. The average molecular weight is 344 g/mol. The molecule has 7 heteroatoms. The standard InChI is InChI=1S/C18H17FN2O4/c1-24-11-7-8-13(16(9-11)25-2)20-14-10-17(22)21(18(14)23)15-6-4-3-5-12(15)19/h3-9,14,20H,10H2,1-2H3/t14-/m0/s1. The number of ether oxygens (including phenoxy) is 2. The van der Waals surface area contributed by atoms with E-state index in [0.717, 1.165) is 4.90 Å². The molecule has 0 bridgehead atoms. The van der Waals surface area contributed by atoms with Gasteiger partial charge in [-0.3, -0.25) is 9.59 Å². The molecule has 0 radical (unpaired) electrons. The van der Waals surface area contributed by atoms with Gasteiger partial charge in [-0.05, 0) is 24.3 Å². The summed E-state index contributed by atoms with van der Waals surface area (Å²) in [6.07, 6.45) is -0.0671. The molecule has 25 heavy (non-hydrogen) atoms. The fraction of sp³-hybridized carbons (Fsp3) is 0.222. The lowest BCUT2D eigenvalue weighted by atomic mass is 10.2. The zero-order valence-corrected chi connectivity index (χ0v) is 13.8. The lowest BCUT2D eigenvalue weighted by molar-refractivity contribution is -0.121. The molecule has 3 rings (SSSR count). The summed E-state index contributed by atoms with van der Waals surface area (Å²) in [5.41, 5.74) is 0.508. The highest BCUT2D eigenvalue weighted by Gasteiger charge is 2.40. The summed E-state index contributed by atoms with van der Waals surface area (Å²) in [4.78, 5) is 25.7. The van der Waals surface area contributed by atoms with E-state index in [1.165, 1.54) is 32.4 Å². The summed E-state index contributed by atoms with van der Waals surface area (Å²) in [6, 6.07) is 9.97. The molecule has 6 nitrogen and oxygen atoms in total. The predicted molar refractivity (Wildman–Crippen MR) is 90.5 cm³/mol. The molecule has 1 aliphatic rings. The summed E-state index contributed by atoms with van der Waals surface area (Å²) in [5.74, 6) is -0.506. The van der Waals surface area contributed by atoms with Crippen molar-refractivity contribution in [2.75, 3.05) is 24.4 Å². The molecule has 2 aromatic rings. The number of nitrogens with one attached hydrogen (secondary N) is 1. The number of benzene rings is 2. The van der Waals surface area contributed by atoms with Crippen LogP contribution in [0.4, 0.5) is 15.8 Å². The van der Waals surface area contributed by atoms with Crippen LogP contribution in [0.3, 0.4) is 0 Å². The highest BCUT2D eigenvalue weighted by Crippen LogP contribution is 2.32. The molecule has 1 atom stereocenters. The van der Waals surface area contributed by atoms with Crippen molar-refractivity contribution in [3.8, 4) is 11.5 Å². The first kappa shape index (κ1) is 16.8. The van der Waals surface area contributed by atoms with E-state index in [0.29, 0.717) is 17.2 Å². The molecular weight excluding hydrogens is 327 g/mol. The number of carbonyl (C=O) groups is 2. The van der Waals surface area contributed by atoms with E-state index < -0.39 is 23.7 Å². The number of para-hydroxylation sites is 1. The Morgan fingerprint density at radius 3 is 2.56 bits per heavy atom. The summed E-state index contributed by atoms with van der Waals surface area (Å²) in [6.45, 7) is 0. The molecule has 0 saturated carbocycles. The highest BCUT2D eigenvalue weighted by atomic mass is 19.1. The van der Waals surface area contributed by atoms with Gasteiger partial charge < -0.3 is 14.8 Å². The van der Waals surface area contributed by atoms with Crippen molar-refractivity contribution >= 4 is 23.2 Å². The number of amides is 2. The lowest BCUT2D eigenvalue weighted by Crippen LogP contribution is -2.35. The SMILES string of the molecule is COc1ccc(N[C@H]2CC(=O)N(c3ccccc3F)C2=O)c(OC)c1. The Bertz CT molecular complexity index is 824. The van der Waals surface area contributed by atoms with E-state index in [1.54, 1.807) is 24.3 Å². The van der Waals surface area contributed by atoms with Crippen LogP contribution in [0.2, 0.25) is 0 Å². The Morgan fingerprint density at radius 1 is 1.12 bits per heavy atom. The lowest BCUT2D eigenvalue weighted by Gasteiger charge is -2.18. The third-order valence-electron chi connectivity index (χ3n) is 3.98. The first-order valence-corrected chi connectivity index (χ1v) is 7.65. The van der Waals surface area contributed by atoms with E-state index >= 15 is 0 Å². The van der Waals surface area contributed by atoms with Crippen LogP contribution in [-0.4, -0.2) is 32.1 Å². The molecule has 1 N–H and O–H groups in total. The Labute approximate surface area is 144 Å². The first-order chi connectivity index (χ1) is 12.0. The number of methoxy groups -OCH3 is 2. The molecule has 1 fully saturated rings. The van der Waals surface area contributed by atoms with Gasteiger partial charge in [-0.1, -0.05) is 12.1 Å². The van der Waals surface area contributed by atoms with Crippen molar-refractivity contribution < 1.29 is 23.5 Å². The molecule has 1 heterocycles. The molecule has 1 aliphatic heterocycles. The van der Waals surface area contributed by atoms with Crippen LogP contribution in [-0.2, 0) is 9.59 Å². The largest absolute Gasteiger partial charge is 0.497 e. The number of imide groups is 1. The van der Waals surface area contributed by atoms with Crippen molar-refractivity contribution in [2.24, 2.45) is 0 Å². The zero-order valence-electron chi connectivity index (χ0n) is 13.8. The van der Waals surface area contributed by atoms with Gasteiger partial charge in [0.2, 0.25) is 5.91 Å². The molecule has 2 aromatic carbocycles. The number of hydrogen-bond donors (Lipinski definition) is 1. The van der Waals surface area contributed by atoms with Gasteiger partial charge in [0.1, 0.15) is 23.4 Å². The quantitative estimate of drug-likeness (QED) is 0.845. The molecule has 0 unspecified atom stereocenters. The topological polar surface area (TPSA) is 67.9 Å². The number of nitrogens with zero attached hydrogens (tertiary/aromatic N) is 1. The van der Waals surface area contributed by atoms with Crippen LogP contribution in [0.1, 0.15) is 6.42 Å². The molecule has 1 saturated heterocycles. The number of rotatable bonds is 5. The van der Waals surface area contributed by atoms with Crippen molar-refractivity contribution in [1.82, 2.24) is 0 Å². The van der Waals surface area contributed by atoms with Gasteiger partial charge in [0, 0.05) is 6.07 Å². The van der Waals surface area contributed by atoms with Gasteiger partial charge in [-0.25, -0.2) is 9.29 Å². The van der Waals surface area contributed by atoms with Crippen LogP contribution in [0.15, 0.2) is 42.5 Å². The van der Waals surface area contributed by atoms with E-state index in [4.69, 9.17) is 9.47 Å². The van der Waals surface area contributed by atoms with Crippen LogP contribution in [0.25, 0.3) is 0 Å². The van der Waals surface area contributed by atoms with E-state index in [2.05, 4.69) is 5.32 Å². The van der Waals surface area contributed by atoms with Crippen LogP contribution < -0.4 is 19.7 Å². The first-order valence-electron chi connectivity index (χ1n) is 7.65. The Morgan fingerprint density at radius 2 is 1.88 bits per heavy atom. The second-order valence-corrected chi connectivity index (χ2v) is 5.49. The average Bonchev–Trinajstić information content (AvgIpc) is 2.89. The molecular formula is C18H17FN2O4. The normalized spacial score (nSPS) is 16.9. The van der Waals surface area contributed by atoms with Crippen LogP contribution in [0, 0.1) is 5.82 Å². The fourth-order valence-corrected chi connectivity index (χ4v) is 2.74. The minimum atomic E-state index is -0.797. The van der Waals surface area contributed by atoms with Crippen molar-refractivity contribution in [2.45, 2.75) is 12.5 Å². The number of anilines is 2. The Hall–Kier alpha value is -3.09. The number of hydrogen-bond acceptors (Lipinski definition) is 5. The third kappa shape index (κ3) is 3.13. The summed E-state index contributed by atoms with van der Waals surface area (Å²) in [5, 5.41) is 3.00. The van der Waals surface area contributed by atoms with Crippen molar-refractivity contribution in [3.05, 3.63) is 48.3 Å². The zero-order chi connectivity index (χ0) is 18.0. The monoisotopic (exact) mass is 344 g/mol. The van der Waals surface area contributed by atoms with Crippen molar-refractivity contribution in [1.29, 1.82) is 0 Å². The third-order valence-corrected chi connectivity index (χ3v) is 3.98. The summed E-state index contributed by atoms with van der Waals surface area (Å²) < 4.78 is 24.4. The van der Waals surface area contributed by atoms with Gasteiger partial charge in [0.05, 0.1) is 32.0 Å². The van der Waals surface area contributed by atoms with E-state index in [-0.39, 0.29) is 12.1 Å². The summed E-state index contributed by atoms with van der Waals surface area (Å²) >= 11 is 0. The molecule has 130 valence electrons. The van der Waals surface area contributed by atoms with E-state index in [1.807, 2.05) is 0 Å². The van der Waals surface area contributed by atoms with Gasteiger partial charge in [0.25, 0.3) is 5.91 Å². The summed E-state index contributed by atoms with van der Waals surface area (Å²) in [7, 11) is 3.03. The van der Waals surface area contributed by atoms with Gasteiger partial charge in [0.15, 0.2) is 0 Å². The van der Waals surface area contributed by atoms with Gasteiger partial charge in [-0.15, -0.1) is 0 Å². The van der Waals surface area contributed by atoms with Crippen molar-refractivity contribution in [3.63, 3.8) is 0 Å². The molecule has 0 aliphatic carbocycles. The maximum Gasteiger partial charge on any atom is 0.256 e.